The number of carbonyl (C=O) groups is 3. The highest BCUT2D eigenvalue weighted by Crippen LogP contribution is 2.44. The molecule has 4 N–H and O–H groups in total. The molecule has 0 saturated heterocycles. The second-order valence-corrected chi connectivity index (χ2v) is 8.01. The molecule has 182 valence electrons. The van der Waals surface area contributed by atoms with Gasteiger partial charge in [-0.25, -0.2) is 9.55 Å². The van der Waals surface area contributed by atoms with Crippen LogP contribution in [0, 0.1) is 0 Å². The van der Waals surface area contributed by atoms with Gasteiger partial charge in [0.2, 0.25) is 0 Å². The summed E-state index contributed by atoms with van der Waals surface area (Å²) < 4.78 is 31.9. The van der Waals surface area contributed by atoms with Crippen LogP contribution in [0.3, 0.4) is 0 Å². The third-order valence-electron chi connectivity index (χ3n) is 3.90. The molecule has 1 heterocycles. The van der Waals surface area contributed by atoms with Gasteiger partial charge in [-0.2, -0.15) is 0 Å². The number of carbonyl (C=O) groups excluding carboxylic acids is 2. The number of carboxylic acids is 1. The van der Waals surface area contributed by atoms with Gasteiger partial charge in [0.25, 0.3) is 0 Å². The number of phosphoric ester groups is 1. The highest BCUT2D eigenvalue weighted by atomic mass is 31.2. The van der Waals surface area contributed by atoms with E-state index < -0.39 is 51.1 Å². The molecule has 0 fully saturated rings. The lowest BCUT2D eigenvalue weighted by atomic mass is 10.1. The molecule has 32 heavy (non-hydrogen) atoms. The number of aromatic amines is 1. The molecule has 0 amide bonds. The highest BCUT2D eigenvalue weighted by molar-refractivity contribution is 7.47. The molecule has 0 bridgehead atoms. The van der Waals surface area contributed by atoms with Crippen LogP contribution in [0.2, 0.25) is 0 Å². The van der Waals surface area contributed by atoms with E-state index >= 15 is 0 Å². The molecule has 0 aliphatic rings. The molecule has 0 spiro atoms. The van der Waals surface area contributed by atoms with Crippen molar-refractivity contribution < 1.29 is 47.5 Å². The van der Waals surface area contributed by atoms with Crippen molar-refractivity contribution >= 4 is 25.7 Å². The fourth-order valence-corrected chi connectivity index (χ4v) is 3.21. The first-order valence-electron chi connectivity index (χ1n) is 10.1. The number of H-pyrrole nitrogens is 1. The number of ether oxygens (including phenoxy) is 2. The maximum atomic E-state index is 12.2. The van der Waals surface area contributed by atoms with Crippen molar-refractivity contribution in [2.45, 2.75) is 51.7 Å². The van der Waals surface area contributed by atoms with Gasteiger partial charge in [-0.1, -0.05) is 13.8 Å². The van der Waals surface area contributed by atoms with Crippen molar-refractivity contribution in [1.29, 1.82) is 0 Å². The highest BCUT2D eigenvalue weighted by Gasteiger charge is 2.29. The second kappa shape index (κ2) is 14.7. The molecule has 0 aliphatic heterocycles. The molecule has 1 rings (SSSR count). The smallest absolute Gasteiger partial charge is 0.472 e. The summed E-state index contributed by atoms with van der Waals surface area (Å²) in [5.41, 5.74) is 0.532. The third-order valence-corrected chi connectivity index (χ3v) is 4.97. The minimum Gasteiger partial charge on any atom is -0.480 e. The molecule has 0 saturated carbocycles. The number of imidazole rings is 1. The van der Waals surface area contributed by atoms with Crippen molar-refractivity contribution in [2.75, 3.05) is 26.4 Å². The standard InChI is InChI=1S/C18H30N3O10P/c1-3-5-17(23)29-11-14(10-28-16(22)4-2)31-32(26,27)30-7-6-20-15(18(24)25)8-13-9-19-12-21-13/h9,12,14-15,20H,3-8,10-11H2,1-2H3,(H,19,21)(H,24,25)(H,26,27). The molecule has 0 aliphatic carbocycles. The van der Waals surface area contributed by atoms with Crippen LogP contribution in [-0.2, 0) is 43.9 Å². The number of phosphoric acid groups is 1. The Morgan fingerprint density at radius 2 is 1.91 bits per heavy atom. The number of carboxylic acid groups (broad SMARTS) is 1. The van der Waals surface area contributed by atoms with E-state index in [9.17, 15) is 28.9 Å². The minimum absolute atomic E-state index is 0.0731. The Hall–Kier alpha value is -2.31. The summed E-state index contributed by atoms with van der Waals surface area (Å²) in [6.45, 7) is 2.11. The Bertz CT molecular complexity index is 758. The van der Waals surface area contributed by atoms with Gasteiger partial charge >= 0.3 is 25.7 Å². The summed E-state index contributed by atoms with van der Waals surface area (Å²) >= 11 is 0. The Labute approximate surface area is 185 Å². The van der Waals surface area contributed by atoms with Crippen LogP contribution in [0.25, 0.3) is 0 Å². The van der Waals surface area contributed by atoms with Crippen molar-refractivity contribution in [3.63, 3.8) is 0 Å². The zero-order valence-electron chi connectivity index (χ0n) is 18.0. The van der Waals surface area contributed by atoms with E-state index in [1.54, 1.807) is 20.0 Å². The molecular weight excluding hydrogens is 449 g/mol. The number of aromatic nitrogens is 2. The van der Waals surface area contributed by atoms with E-state index in [1.807, 2.05) is 0 Å². The third kappa shape index (κ3) is 11.9. The predicted molar refractivity (Wildman–Crippen MR) is 109 cm³/mol. The van der Waals surface area contributed by atoms with Crippen molar-refractivity contribution in [3.05, 3.63) is 18.2 Å². The van der Waals surface area contributed by atoms with Gasteiger partial charge in [0.05, 0.1) is 18.6 Å². The lowest BCUT2D eigenvalue weighted by Gasteiger charge is -2.21. The minimum atomic E-state index is -4.62. The monoisotopic (exact) mass is 479 g/mol. The Morgan fingerprint density at radius 1 is 1.22 bits per heavy atom. The van der Waals surface area contributed by atoms with Crippen LogP contribution in [-0.4, -0.2) is 76.4 Å². The number of hydrogen-bond acceptors (Lipinski definition) is 10. The van der Waals surface area contributed by atoms with E-state index in [1.165, 1.54) is 6.33 Å². The van der Waals surface area contributed by atoms with Crippen LogP contribution in [0.1, 0.15) is 38.8 Å². The molecule has 3 atom stereocenters. The maximum absolute atomic E-state index is 12.2. The predicted octanol–water partition coefficient (Wildman–Crippen LogP) is 0.794. The average molecular weight is 479 g/mol. The molecule has 14 heteroatoms. The molecule has 0 aromatic carbocycles. The number of esters is 2. The van der Waals surface area contributed by atoms with E-state index in [-0.39, 0.29) is 32.4 Å². The van der Waals surface area contributed by atoms with Crippen molar-refractivity contribution in [2.24, 2.45) is 0 Å². The van der Waals surface area contributed by atoms with E-state index in [2.05, 4.69) is 15.3 Å². The SMILES string of the molecule is CCCC(=O)OCC(COC(=O)CC)OP(=O)(O)OCCNC(Cc1c[nH]cn1)C(=O)O. The largest absolute Gasteiger partial charge is 0.480 e. The Balaban J connectivity index is 2.52. The zero-order chi connectivity index (χ0) is 24.0. The molecule has 13 nitrogen and oxygen atoms in total. The first-order chi connectivity index (χ1) is 15.2. The molecule has 0 radical (unpaired) electrons. The van der Waals surface area contributed by atoms with Crippen LogP contribution < -0.4 is 5.32 Å². The summed E-state index contributed by atoms with van der Waals surface area (Å²) in [4.78, 5) is 50.8. The number of nitrogens with one attached hydrogen (secondary N) is 2. The van der Waals surface area contributed by atoms with Crippen LogP contribution in [0.15, 0.2) is 12.5 Å². The molecule has 1 aromatic rings. The van der Waals surface area contributed by atoms with Gasteiger partial charge < -0.3 is 29.8 Å². The quantitative estimate of drug-likeness (QED) is 0.140. The summed E-state index contributed by atoms with van der Waals surface area (Å²) in [5.74, 6) is -2.21. The van der Waals surface area contributed by atoms with E-state index in [0.29, 0.717) is 12.1 Å². The maximum Gasteiger partial charge on any atom is 0.472 e. The molecular formula is C18H30N3O10P. The lowest BCUT2D eigenvalue weighted by Crippen LogP contribution is -2.40. The van der Waals surface area contributed by atoms with Crippen molar-refractivity contribution in [3.8, 4) is 0 Å². The first kappa shape index (κ1) is 27.7. The van der Waals surface area contributed by atoms with Gasteiger partial charge in [-0.05, 0) is 6.42 Å². The van der Waals surface area contributed by atoms with Crippen molar-refractivity contribution in [1.82, 2.24) is 15.3 Å². The fraction of sp³-hybridized carbons (Fsp3) is 0.667. The second-order valence-electron chi connectivity index (χ2n) is 6.61. The average Bonchev–Trinajstić information content (AvgIpc) is 3.25. The summed E-state index contributed by atoms with van der Waals surface area (Å²) in [5, 5.41) is 11.9. The Morgan fingerprint density at radius 3 is 2.47 bits per heavy atom. The van der Waals surface area contributed by atoms with Crippen LogP contribution in [0.5, 0.6) is 0 Å². The first-order valence-corrected chi connectivity index (χ1v) is 11.6. The number of rotatable bonds is 17. The number of hydrogen-bond donors (Lipinski definition) is 4. The van der Waals surface area contributed by atoms with Gasteiger partial charge in [0.15, 0.2) is 0 Å². The van der Waals surface area contributed by atoms with Crippen LogP contribution >= 0.6 is 7.82 Å². The fourth-order valence-electron chi connectivity index (χ4n) is 2.33. The van der Waals surface area contributed by atoms with E-state index in [4.69, 9.17) is 18.5 Å². The Kier molecular flexibility index (Phi) is 12.7. The summed E-state index contributed by atoms with van der Waals surface area (Å²) in [7, 11) is -4.62. The number of aliphatic carboxylic acids is 1. The van der Waals surface area contributed by atoms with Gasteiger partial charge in [-0.15, -0.1) is 0 Å². The zero-order valence-corrected chi connectivity index (χ0v) is 18.9. The van der Waals surface area contributed by atoms with Crippen LogP contribution in [0.4, 0.5) is 0 Å². The van der Waals surface area contributed by atoms with Gasteiger partial charge in [0.1, 0.15) is 25.4 Å². The molecule has 1 aromatic heterocycles. The topological polar surface area (TPSA) is 186 Å². The summed E-state index contributed by atoms with van der Waals surface area (Å²) in [6.07, 6.45) is 2.66. The lowest BCUT2D eigenvalue weighted by molar-refractivity contribution is -0.152. The van der Waals surface area contributed by atoms with E-state index in [0.717, 1.165) is 0 Å². The number of nitrogens with zero attached hydrogens (tertiary/aromatic N) is 1. The van der Waals surface area contributed by atoms with Gasteiger partial charge in [0, 0.05) is 32.0 Å². The molecule has 3 unspecified atom stereocenters. The van der Waals surface area contributed by atoms with Gasteiger partial charge in [-0.3, -0.25) is 23.4 Å². The summed E-state index contributed by atoms with van der Waals surface area (Å²) in [6, 6.07) is -0.986. The normalized spacial score (nSPS) is 14.8.